The van der Waals surface area contributed by atoms with Crippen molar-refractivity contribution in [3.63, 3.8) is 0 Å². The molecule has 3 heterocycles. The lowest BCUT2D eigenvalue weighted by Crippen LogP contribution is -2.60. The molecule has 3 rings (SSSR count). The van der Waals surface area contributed by atoms with Crippen LogP contribution in [0.4, 0.5) is 0 Å². The van der Waals surface area contributed by atoms with Gasteiger partial charge in [-0.25, -0.2) is 4.79 Å². The van der Waals surface area contributed by atoms with Crippen molar-refractivity contribution in [2.45, 2.75) is 18.4 Å². The molecule has 0 aromatic carbocycles. The number of fused-ring (bicyclic) bond motifs is 1. The predicted molar refractivity (Wildman–Crippen MR) is 72.2 cm³/mol. The molecule has 2 aliphatic rings. The molecule has 2 aliphatic heterocycles. The Balaban J connectivity index is 2.03. The molecule has 1 saturated heterocycles. The number of aromatic nitrogens is 1. The third-order valence-corrected chi connectivity index (χ3v) is 4.84. The van der Waals surface area contributed by atoms with E-state index in [-0.39, 0.29) is 17.0 Å². The van der Waals surface area contributed by atoms with E-state index in [0.717, 1.165) is 0 Å². The quantitative estimate of drug-likeness (QED) is 0.799. The summed E-state index contributed by atoms with van der Waals surface area (Å²) in [5.41, 5.74) is 0.649. The second-order valence-electron chi connectivity index (χ2n) is 4.71. The second-order valence-corrected chi connectivity index (χ2v) is 5.83. The number of β-lactam (4-membered cyclic amide) rings is 1. The van der Waals surface area contributed by atoms with Crippen molar-refractivity contribution < 1.29 is 19.8 Å². The maximum Gasteiger partial charge on any atom is 0.353 e. The highest BCUT2D eigenvalue weighted by atomic mass is 32.2. The molecular formula is C13H12N2O4S. The van der Waals surface area contributed by atoms with Crippen LogP contribution in [0.15, 0.2) is 30.2 Å². The van der Waals surface area contributed by atoms with Gasteiger partial charge < -0.3 is 10.2 Å². The van der Waals surface area contributed by atoms with Crippen LogP contribution in [0.3, 0.4) is 0 Å². The van der Waals surface area contributed by atoms with E-state index < -0.39 is 18.0 Å². The number of rotatable bonds is 3. The van der Waals surface area contributed by atoms with Crippen molar-refractivity contribution in [1.82, 2.24) is 9.88 Å². The average Bonchev–Trinajstić information content (AvgIpc) is 2.74. The Morgan fingerprint density at radius 2 is 2.30 bits per heavy atom. The average molecular weight is 292 g/mol. The standard InChI is InChI=1S/C13H12N2O4S/c1-6(16)8-11(17)15-9(13(18)19)10(20-12(8)15)7-3-2-4-14-5-7/h2-6,8,12,16H,1H3,(H,18,19)/t6-,8+,12?/m1/s1. The van der Waals surface area contributed by atoms with Crippen LogP contribution >= 0.6 is 11.8 Å². The summed E-state index contributed by atoms with van der Waals surface area (Å²) in [6.45, 7) is 1.54. The fourth-order valence-corrected chi connectivity index (χ4v) is 4.08. The molecule has 1 fully saturated rings. The van der Waals surface area contributed by atoms with Crippen LogP contribution in [0.2, 0.25) is 0 Å². The molecule has 104 valence electrons. The Kier molecular flexibility index (Phi) is 3.02. The van der Waals surface area contributed by atoms with Gasteiger partial charge in [-0.15, -0.1) is 0 Å². The normalized spacial score (nSPS) is 26.3. The number of hydrogen-bond acceptors (Lipinski definition) is 5. The minimum atomic E-state index is -1.14. The maximum absolute atomic E-state index is 12.0. The SMILES string of the molecule is C[C@@H](O)[C@H]1C(=O)N2C(C(=O)O)=C(c3cccnc3)SC12. The first-order chi connectivity index (χ1) is 9.52. The molecule has 0 saturated carbocycles. The minimum Gasteiger partial charge on any atom is -0.477 e. The fourth-order valence-electron chi connectivity index (χ4n) is 2.48. The molecule has 0 spiro atoms. The van der Waals surface area contributed by atoms with E-state index in [1.54, 1.807) is 31.5 Å². The second kappa shape index (κ2) is 4.60. The Hall–Kier alpha value is -1.86. The van der Waals surface area contributed by atoms with Crippen LogP contribution in [0.25, 0.3) is 4.91 Å². The van der Waals surface area contributed by atoms with Crippen LogP contribution in [-0.2, 0) is 9.59 Å². The summed E-state index contributed by atoms with van der Waals surface area (Å²) >= 11 is 1.29. The number of carboxylic acids is 1. The molecule has 20 heavy (non-hydrogen) atoms. The van der Waals surface area contributed by atoms with Crippen molar-refractivity contribution in [3.05, 3.63) is 35.8 Å². The van der Waals surface area contributed by atoms with Crippen molar-refractivity contribution in [2.75, 3.05) is 0 Å². The van der Waals surface area contributed by atoms with Crippen LogP contribution in [0, 0.1) is 5.92 Å². The molecule has 1 aromatic heterocycles. The minimum absolute atomic E-state index is 0.0186. The Morgan fingerprint density at radius 1 is 1.55 bits per heavy atom. The van der Waals surface area contributed by atoms with E-state index in [1.807, 2.05) is 0 Å². The monoisotopic (exact) mass is 292 g/mol. The summed E-state index contributed by atoms with van der Waals surface area (Å²) in [5.74, 6) is -2.03. The lowest BCUT2D eigenvalue weighted by atomic mass is 9.92. The van der Waals surface area contributed by atoms with E-state index in [4.69, 9.17) is 0 Å². The fraction of sp³-hybridized carbons (Fsp3) is 0.308. The Morgan fingerprint density at radius 3 is 2.85 bits per heavy atom. The molecule has 0 bridgehead atoms. The predicted octanol–water partition coefficient (Wildman–Crippen LogP) is 0.747. The largest absolute Gasteiger partial charge is 0.477 e. The number of pyridine rings is 1. The van der Waals surface area contributed by atoms with Gasteiger partial charge in [0.15, 0.2) is 0 Å². The number of thioether (sulfide) groups is 1. The van der Waals surface area contributed by atoms with Gasteiger partial charge in [-0.3, -0.25) is 14.7 Å². The zero-order valence-electron chi connectivity index (χ0n) is 10.6. The van der Waals surface area contributed by atoms with E-state index in [9.17, 15) is 19.8 Å². The van der Waals surface area contributed by atoms with Gasteiger partial charge in [0.1, 0.15) is 11.1 Å². The topological polar surface area (TPSA) is 90.7 Å². The van der Waals surface area contributed by atoms with Crippen molar-refractivity contribution >= 4 is 28.5 Å². The van der Waals surface area contributed by atoms with Gasteiger partial charge in [0.25, 0.3) is 0 Å². The lowest BCUT2D eigenvalue weighted by Gasteiger charge is -2.43. The van der Waals surface area contributed by atoms with Crippen LogP contribution in [-0.4, -0.2) is 43.5 Å². The smallest absolute Gasteiger partial charge is 0.353 e. The van der Waals surface area contributed by atoms with E-state index >= 15 is 0 Å². The number of aliphatic carboxylic acids is 1. The van der Waals surface area contributed by atoms with Crippen LogP contribution < -0.4 is 0 Å². The third kappa shape index (κ3) is 1.74. The third-order valence-electron chi connectivity index (χ3n) is 3.42. The van der Waals surface area contributed by atoms with Crippen LogP contribution in [0.5, 0.6) is 0 Å². The van der Waals surface area contributed by atoms with Gasteiger partial charge in [0, 0.05) is 22.9 Å². The van der Waals surface area contributed by atoms with Gasteiger partial charge in [-0.2, -0.15) is 0 Å². The molecule has 1 amide bonds. The number of carboxylic acid groups (broad SMARTS) is 1. The first-order valence-electron chi connectivity index (χ1n) is 6.08. The van der Waals surface area contributed by atoms with Gasteiger partial charge in [-0.05, 0) is 13.0 Å². The highest BCUT2D eigenvalue weighted by molar-refractivity contribution is 8.09. The number of nitrogens with zero attached hydrogens (tertiary/aromatic N) is 2. The molecule has 3 atom stereocenters. The number of aliphatic hydroxyl groups is 1. The Labute approximate surface area is 119 Å². The zero-order chi connectivity index (χ0) is 14.4. The summed E-state index contributed by atoms with van der Waals surface area (Å²) in [6.07, 6.45) is 2.38. The lowest BCUT2D eigenvalue weighted by molar-refractivity contribution is -0.156. The highest BCUT2D eigenvalue weighted by Gasteiger charge is 2.57. The van der Waals surface area contributed by atoms with Crippen LogP contribution in [0.1, 0.15) is 12.5 Å². The molecule has 2 N–H and O–H groups in total. The number of aliphatic hydroxyl groups excluding tert-OH is 1. The van der Waals surface area contributed by atoms with Crippen molar-refractivity contribution in [2.24, 2.45) is 5.92 Å². The summed E-state index contributed by atoms with van der Waals surface area (Å²) < 4.78 is 0. The van der Waals surface area contributed by atoms with Gasteiger partial charge in [0.05, 0.1) is 12.0 Å². The molecule has 0 radical (unpaired) electrons. The highest BCUT2D eigenvalue weighted by Crippen LogP contribution is 2.53. The Bertz CT molecular complexity index is 614. The molecule has 6 nitrogen and oxygen atoms in total. The van der Waals surface area contributed by atoms with Gasteiger partial charge in [0.2, 0.25) is 5.91 Å². The summed E-state index contributed by atoms with van der Waals surface area (Å²) in [4.78, 5) is 29.2. The van der Waals surface area contributed by atoms with E-state index in [1.165, 1.54) is 16.7 Å². The number of amides is 1. The maximum atomic E-state index is 12.0. The van der Waals surface area contributed by atoms with Crippen molar-refractivity contribution in [1.29, 1.82) is 0 Å². The summed E-state index contributed by atoms with van der Waals surface area (Å²) in [7, 11) is 0. The number of carbonyl (C=O) groups excluding carboxylic acids is 1. The first kappa shape index (κ1) is 13.1. The molecule has 1 unspecified atom stereocenters. The number of hydrogen-bond donors (Lipinski definition) is 2. The number of carbonyl (C=O) groups is 2. The van der Waals surface area contributed by atoms with Crippen molar-refractivity contribution in [3.8, 4) is 0 Å². The summed E-state index contributed by atoms with van der Waals surface area (Å²) in [6, 6.07) is 3.47. The van der Waals surface area contributed by atoms with Gasteiger partial charge >= 0.3 is 5.97 Å². The van der Waals surface area contributed by atoms with Gasteiger partial charge in [-0.1, -0.05) is 17.8 Å². The molecular weight excluding hydrogens is 280 g/mol. The molecule has 7 heteroatoms. The summed E-state index contributed by atoms with van der Waals surface area (Å²) in [5, 5.41) is 18.7. The van der Waals surface area contributed by atoms with E-state index in [2.05, 4.69) is 4.98 Å². The zero-order valence-corrected chi connectivity index (χ0v) is 11.4. The van der Waals surface area contributed by atoms with E-state index in [0.29, 0.717) is 10.5 Å². The molecule has 1 aromatic rings. The first-order valence-corrected chi connectivity index (χ1v) is 6.96. The molecule has 0 aliphatic carbocycles.